The third kappa shape index (κ3) is 2.17. The fraction of sp³-hybridized carbons (Fsp3) is 0.692. The molecule has 0 spiro atoms. The van der Waals surface area contributed by atoms with Gasteiger partial charge in [0.05, 0.1) is 12.0 Å². The van der Waals surface area contributed by atoms with Crippen molar-refractivity contribution in [2.75, 3.05) is 0 Å². The van der Waals surface area contributed by atoms with Crippen LogP contribution in [-0.4, -0.2) is 23.0 Å². The van der Waals surface area contributed by atoms with E-state index in [1.54, 1.807) is 11.3 Å². The molecule has 0 aromatic carbocycles. The first-order valence-corrected chi connectivity index (χ1v) is 7.50. The van der Waals surface area contributed by atoms with E-state index in [1.165, 1.54) is 6.42 Å². The number of hydrogen-bond donors (Lipinski definition) is 2. The van der Waals surface area contributed by atoms with Gasteiger partial charge in [0.15, 0.2) is 0 Å². The van der Waals surface area contributed by atoms with E-state index in [4.69, 9.17) is 0 Å². The summed E-state index contributed by atoms with van der Waals surface area (Å²) in [6, 6.07) is 0.999. The Morgan fingerprint density at radius 3 is 3.00 bits per heavy atom. The molecule has 2 aliphatic rings. The Morgan fingerprint density at radius 1 is 1.61 bits per heavy atom. The molecule has 3 rings (SSSR count). The van der Waals surface area contributed by atoms with E-state index in [0.717, 1.165) is 23.5 Å². The minimum Gasteiger partial charge on any atom is -0.347 e. The minimum atomic E-state index is 0.0235. The van der Waals surface area contributed by atoms with Gasteiger partial charge in [-0.15, -0.1) is 11.3 Å². The van der Waals surface area contributed by atoms with E-state index in [9.17, 15) is 4.79 Å². The quantitative estimate of drug-likeness (QED) is 0.876. The van der Waals surface area contributed by atoms with Crippen LogP contribution in [-0.2, 0) is 4.79 Å². The van der Waals surface area contributed by atoms with Crippen LogP contribution in [0.3, 0.4) is 0 Å². The third-order valence-corrected chi connectivity index (χ3v) is 5.15. The summed E-state index contributed by atoms with van der Waals surface area (Å²) in [7, 11) is 0. The molecule has 4 atom stereocenters. The summed E-state index contributed by atoms with van der Waals surface area (Å²) in [4.78, 5) is 16.7. The van der Waals surface area contributed by atoms with Gasteiger partial charge in [0.2, 0.25) is 5.91 Å². The van der Waals surface area contributed by atoms with E-state index < -0.39 is 0 Å². The zero-order valence-corrected chi connectivity index (χ0v) is 11.6. The summed E-state index contributed by atoms with van der Waals surface area (Å²) in [5.74, 6) is 0.349. The molecule has 5 heteroatoms. The van der Waals surface area contributed by atoms with Crippen molar-refractivity contribution in [2.45, 2.75) is 51.2 Å². The van der Waals surface area contributed by atoms with Crippen LogP contribution in [0, 0.1) is 12.8 Å². The van der Waals surface area contributed by atoms with Gasteiger partial charge in [-0.3, -0.25) is 4.79 Å². The van der Waals surface area contributed by atoms with E-state index in [0.29, 0.717) is 12.1 Å². The van der Waals surface area contributed by atoms with Gasteiger partial charge in [0.25, 0.3) is 0 Å². The normalized spacial score (nSPS) is 31.6. The number of amides is 1. The molecule has 2 fully saturated rings. The molecule has 4 nitrogen and oxygen atoms in total. The van der Waals surface area contributed by atoms with Crippen molar-refractivity contribution in [3.63, 3.8) is 0 Å². The van der Waals surface area contributed by atoms with Gasteiger partial charge < -0.3 is 10.6 Å². The topological polar surface area (TPSA) is 54.0 Å². The Balaban J connectivity index is 1.61. The zero-order valence-electron chi connectivity index (χ0n) is 10.8. The summed E-state index contributed by atoms with van der Waals surface area (Å²) >= 11 is 1.62. The van der Waals surface area contributed by atoms with E-state index in [-0.39, 0.29) is 17.9 Å². The highest BCUT2D eigenvalue weighted by molar-refractivity contribution is 7.09. The number of nitrogens with one attached hydrogen (secondary N) is 2. The summed E-state index contributed by atoms with van der Waals surface area (Å²) in [6.45, 7) is 3.99. The standard InChI is InChI=1S/C13H19N3OS/c1-7-6-18-13(14-7)8(2)15-12(17)10-5-9-3-4-11(10)16-9/h6,8-11,16H,3-5H2,1-2H3,(H,15,17). The lowest BCUT2D eigenvalue weighted by molar-refractivity contribution is -0.126. The second-order valence-electron chi connectivity index (χ2n) is 5.45. The molecule has 2 N–H and O–H groups in total. The predicted octanol–water partition coefficient (Wildman–Crippen LogP) is 1.77. The molecular formula is C13H19N3OS. The Hall–Kier alpha value is -0.940. The monoisotopic (exact) mass is 265 g/mol. The highest BCUT2D eigenvalue weighted by atomic mass is 32.1. The number of hydrogen-bond acceptors (Lipinski definition) is 4. The lowest BCUT2D eigenvalue weighted by atomic mass is 9.88. The minimum absolute atomic E-state index is 0.0235. The maximum atomic E-state index is 12.3. The smallest absolute Gasteiger partial charge is 0.225 e. The number of nitrogens with zero attached hydrogens (tertiary/aromatic N) is 1. The maximum absolute atomic E-state index is 12.3. The van der Waals surface area contributed by atoms with Crippen LogP contribution in [0.4, 0.5) is 0 Å². The zero-order chi connectivity index (χ0) is 12.7. The summed E-state index contributed by atoms with van der Waals surface area (Å²) in [5, 5.41) is 9.63. The molecule has 1 amide bonds. The summed E-state index contributed by atoms with van der Waals surface area (Å²) in [5.41, 5.74) is 1.03. The predicted molar refractivity (Wildman–Crippen MR) is 71.5 cm³/mol. The van der Waals surface area contributed by atoms with Crippen LogP contribution in [0.25, 0.3) is 0 Å². The van der Waals surface area contributed by atoms with E-state index in [2.05, 4.69) is 15.6 Å². The van der Waals surface area contributed by atoms with E-state index >= 15 is 0 Å². The van der Waals surface area contributed by atoms with Crippen molar-refractivity contribution in [3.05, 3.63) is 16.1 Å². The lowest BCUT2D eigenvalue weighted by Crippen LogP contribution is -2.38. The molecule has 18 heavy (non-hydrogen) atoms. The average molecular weight is 265 g/mol. The largest absolute Gasteiger partial charge is 0.347 e. The second kappa shape index (κ2) is 4.63. The fourth-order valence-corrected chi connectivity index (χ4v) is 3.87. The Bertz CT molecular complexity index is 459. The van der Waals surface area contributed by atoms with Crippen LogP contribution in [0.15, 0.2) is 5.38 Å². The average Bonchev–Trinajstić information content (AvgIpc) is 3.03. The van der Waals surface area contributed by atoms with Crippen LogP contribution in [0.5, 0.6) is 0 Å². The van der Waals surface area contributed by atoms with Gasteiger partial charge >= 0.3 is 0 Å². The lowest BCUT2D eigenvalue weighted by Gasteiger charge is -2.21. The highest BCUT2D eigenvalue weighted by Gasteiger charge is 2.42. The first-order chi connectivity index (χ1) is 8.63. The van der Waals surface area contributed by atoms with Gasteiger partial charge in [-0.1, -0.05) is 0 Å². The van der Waals surface area contributed by atoms with Crippen molar-refractivity contribution in [1.82, 2.24) is 15.6 Å². The van der Waals surface area contributed by atoms with Crippen molar-refractivity contribution in [3.8, 4) is 0 Å². The molecule has 4 unspecified atom stereocenters. The number of carbonyl (C=O) groups is 1. The van der Waals surface area contributed by atoms with Gasteiger partial charge in [0, 0.05) is 23.2 Å². The molecule has 1 aromatic rings. The first-order valence-electron chi connectivity index (χ1n) is 6.62. The number of carbonyl (C=O) groups excluding carboxylic acids is 1. The molecule has 2 aliphatic heterocycles. The molecule has 1 aromatic heterocycles. The molecule has 2 saturated heterocycles. The Labute approximate surface area is 111 Å². The Kier molecular flexibility index (Phi) is 3.11. The first kappa shape index (κ1) is 12.1. The van der Waals surface area contributed by atoms with Gasteiger partial charge in [-0.25, -0.2) is 4.98 Å². The number of thiazole rings is 1. The summed E-state index contributed by atoms with van der Waals surface area (Å²) in [6.07, 6.45) is 3.38. The van der Waals surface area contributed by atoms with Crippen molar-refractivity contribution in [2.24, 2.45) is 5.92 Å². The number of fused-ring (bicyclic) bond motifs is 2. The third-order valence-electron chi connectivity index (χ3n) is 4.00. The molecule has 98 valence electrons. The molecule has 0 radical (unpaired) electrons. The van der Waals surface area contributed by atoms with Crippen LogP contribution in [0.2, 0.25) is 0 Å². The molecule has 3 heterocycles. The molecule has 0 aliphatic carbocycles. The van der Waals surface area contributed by atoms with Gasteiger partial charge in [-0.2, -0.15) is 0 Å². The van der Waals surface area contributed by atoms with Gasteiger partial charge in [-0.05, 0) is 33.1 Å². The number of aryl methyl sites for hydroxylation is 1. The SMILES string of the molecule is Cc1csc(C(C)NC(=O)C2CC3CCC2N3)n1. The highest BCUT2D eigenvalue weighted by Crippen LogP contribution is 2.33. The maximum Gasteiger partial charge on any atom is 0.225 e. The van der Waals surface area contributed by atoms with Crippen molar-refractivity contribution < 1.29 is 4.79 Å². The second-order valence-corrected chi connectivity index (χ2v) is 6.34. The summed E-state index contributed by atoms with van der Waals surface area (Å²) < 4.78 is 0. The van der Waals surface area contributed by atoms with E-state index in [1.807, 2.05) is 19.2 Å². The Morgan fingerprint density at radius 2 is 2.44 bits per heavy atom. The van der Waals surface area contributed by atoms with Gasteiger partial charge in [0.1, 0.15) is 5.01 Å². The molecular weight excluding hydrogens is 246 g/mol. The number of rotatable bonds is 3. The van der Waals surface area contributed by atoms with Crippen molar-refractivity contribution >= 4 is 17.2 Å². The fourth-order valence-electron chi connectivity index (χ4n) is 3.07. The van der Waals surface area contributed by atoms with Crippen LogP contribution >= 0.6 is 11.3 Å². The molecule has 2 bridgehead atoms. The van der Waals surface area contributed by atoms with Crippen LogP contribution in [0.1, 0.15) is 42.9 Å². The molecule has 0 saturated carbocycles. The number of aromatic nitrogens is 1. The van der Waals surface area contributed by atoms with Crippen molar-refractivity contribution in [1.29, 1.82) is 0 Å². The van der Waals surface area contributed by atoms with Crippen LogP contribution < -0.4 is 10.6 Å².